The summed E-state index contributed by atoms with van der Waals surface area (Å²) >= 11 is 0. The Morgan fingerprint density at radius 3 is 2.30 bits per heavy atom. The minimum atomic E-state index is -1.36. The lowest BCUT2D eigenvalue weighted by Gasteiger charge is -2.39. The Bertz CT molecular complexity index is 745. The predicted molar refractivity (Wildman–Crippen MR) is 75.1 cm³/mol. The number of hydrogen-bond donors (Lipinski definition) is 1. The Morgan fingerprint density at radius 1 is 1.22 bits per heavy atom. The number of benzene rings is 1. The van der Waals surface area contributed by atoms with Gasteiger partial charge in [0.05, 0.1) is 5.57 Å². The number of nitrogens with zero attached hydrogens (tertiary/aromatic N) is 2. The quantitative estimate of drug-likeness (QED) is 0.905. The first kappa shape index (κ1) is 16.6. The lowest BCUT2D eigenvalue weighted by molar-refractivity contribution is -0.134. The summed E-state index contributed by atoms with van der Waals surface area (Å²) in [6, 6.07) is 0.678. The van der Waals surface area contributed by atoms with E-state index in [1.165, 1.54) is 14.0 Å². The Hall–Kier alpha value is -2.77. The molecule has 122 valence electrons. The molecule has 8 heteroatoms. The van der Waals surface area contributed by atoms with Crippen molar-refractivity contribution in [2.45, 2.75) is 19.9 Å². The van der Waals surface area contributed by atoms with Gasteiger partial charge in [0.1, 0.15) is 6.04 Å². The van der Waals surface area contributed by atoms with Crippen LogP contribution in [0.1, 0.15) is 25.5 Å². The highest BCUT2D eigenvalue weighted by Gasteiger charge is 2.42. The monoisotopic (exact) mass is 324 g/mol. The first-order valence-corrected chi connectivity index (χ1v) is 6.63. The molecule has 1 aromatic carbocycles. The molecule has 0 saturated heterocycles. The molecule has 0 aliphatic carbocycles. The lowest BCUT2D eigenvalue weighted by Crippen LogP contribution is -2.51. The van der Waals surface area contributed by atoms with Gasteiger partial charge < -0.3 is 10.0 Å². The molecule has 6 nitrogen and oxygen atoms in total. The van der Waals surface area contributed by atoms with Crippen LogP contribution >= 0.6 is 0 Å². The van der Waals surface area contributed by atoms with E-state index < -0.39 is 35.6 Å². The zero-order chi connectivity index (χ0) is 17.5. The molecular weight excluding hydrogens is 310 g/mol. The van der Waals surface area contributed by atoms with Crippen molar-refractivity contribution in [3.63, 3.8) is 0 Å². The van der Waals surface area contributed by atoms with Crippen molar-refractivity contribution in [2.24, 2.45) is 0 Å². The van der Waals surface area contributed by atoms with E-state index in [4.69, 9.17) is 0 Å². The van der Waals surface area contributed by atoms with Gasteiger partial charge in [0.25, 0.3) is 0 Å². The first-order chi connectivity index (χ1) is 10.7. The van der Waals surface area contributed by atoms with Crippen LogP contribution in [0.25, 0.3) is 0 Å². The second kappa shape index (κ2) is 5.79. The van der Waals surface area contributed by atoms with Gasteiger partial charge in [-0.25, -0.2) is 18.4 Å². The van der Waals surface area contributed by atoms with Crippen LogP contribution in [0.15, 0.2) is 29.5 Å². The van der Waals surface area contributed by atoms with E-state index in [1.807, 2.05) is 0 Å². The third-order valence-corrected chi connectivity index (χ3v) is 3.75. The van der Waals surface area contributed by atoms with Gasteiger partial charge in [0, 0.05) is 19.7 Å². The van der Waals surface area contributed by atoms with Gasteiger partial charge in [0.2, 0.25) is 5.91 Å². The van der Waals surface area contributed by atoms with Crippen LogP contribution in [0.2, 0.25) is 0 Å². The number of urea groups is 1. The van der Waals surface area contributed by atoms with E-state index >= 15 is 0 Å². The highest BCUT2D eigenvalue weighted by molar-refractivity contribution is 6.00. The molecule has 0 aromatic heterocycles. The number of rotatable bonds is 2. The van der Waals surface area contributed by atoms with Crippen LogP contribution < -0.4 is 0 Å². The highest BCUT2D eigenvalue weighted by atomic mass is 19.2. The van der Waals surface area contributed by atoms with Crippen LogP contribution in [-0.4, -0.2) is 39.9 Å². The van der Waals surface area contributed by atoms with Crippen molar-refractivity contribution in [3.05, 3.63) is 46.7 Å². The summed E-state index contributed by atoms with van der Waals surface area (Å²) in [5, 5.41) is 9.47. The minimum absolute atomic E-state index is 0.00250. The van der Waals surface area contributed by atoms with Gasteiger partial charge in [-0.3, -0.25) is 9.69 Å². The molecule has 3 amide bonds. The molecule has 1 atom stereocenters. The minimum Gasteiger partial charge on any atom is -0.478 e. The maximum absolute atomic E-state index is 13.5. The highest BCUT2D eigenvalue weighted by Crippen LogP contribution is 2.37. The summed E-state index contributed by atoms with van der Waals surface area (Å²) in [4.78, 5) is 37.5. The molecule has 1 aliphatic rings. The zero-order valence-electron chi connectivity index (χ0n) is 12.6. The molecule has 0 fully saturated rings. The second-order valence-electron chi connectivity index (χ2n) is 5.11. The molecule has 1 aliphatic heterocycles. The largest absolute Gasteiger partial charge is 0.478 e. The topological polar surface area (TPSA) is 77.9 Å². The molecular formula is C15H14F2N2O4. The van der Waals surface area contributed by atoms with E-state index in [-0.39, 0.29) is 16.8 Å². The van der Waals surface area contributed by atoms with Crippen molar-refractivity contribution >= 4 is 17.9 Å². The van der Waals surface area contributed by atoms with Crippen molar-refractivity contribution in [2.75, 3.05) is 7.05 Å². The van der Waals surface area contributed by atoms with Gasteiger partial charge in [-0.15, -0.1) is 0 Å². The maximum atomic E-state index is 13.5. The van der Waals surface area contributed by atoms with E-state index in [0.717, 1.165) is 30.0 Å². The van der Waals surface area contributed by atoms with Crippen LogP contribution in [-0.2, 0) is 9.59 Å². The molecule has 1 N–H and O–H groups in total. The number of amides is 3. The fourth-order valence-corrected chi connectivity index (χ4v) is 2.51. The predicted octanol–water partition coefficient (Wildman–Crippen LogP) is 2.28. The fraction of sp³-hybridized carbons (Fsp3) is 0.267. The van der Waals surface area contributed by atoms with Gasteiger partial charge in [-0.1, -0.05) is 6.07 Å². The Kier molecular flexibility index (Phi) is 4.18. The molecule has 2 rings (SSSR count). The normalized spacial score (nSPS) is 18.5. The third kappa shape index (κ3) is 2.67. The zero-order valence-corrected chi connectivity index (χ0v) is 12.6. The van der Waals surface area contributed by atoms with Crippen molar-refractivity contribution in [3.8, 4) is 0 Å². The van der Waals surface area contributed by atoms with Crippen LogP contribution in [0.4, 0.5) is 13.6 Å². The molecule has 0 spiro atoms. The summed E-state index contributed by atoms with van der Waals surface area (Å²) in [6.45, 7) is 2.50. The van der Waals surface area contributed by atoms with Gasteiger partial charge in [-0.2, -0.15) is 0 Å². The number of allylic oxidation sites excluding steroid dienone is 1. The first-order valence-electron chi connectivity index (χ1n) is 6.63. The van der Waals surface area contributed by atoms with E-state index in [0.29, 0.717) is 4.90 Å². The lowest BCUT2D eigenvalue weighted by atomic mass is 9.93. The number of carbonyl (C=O) groups is 3. The summed E-state index contributed by atoms with van der Waals surface area (Å²) in [5.74, 6) is -4.37. The van der Waals surface area contributed by atoms with Crippen molar-refractivity contribution < 1.29 is 28.3 Å². The number of imide groups is 1. The van der Waals surface area contributed by atoms with E-state index in [9.17, 15) is 28.3 Å². The number of carbonyl (C=O) groups excluding carboxylic acids is 2. The second-order valence-corrected chi connectivity index (χ2v) is 5.11. The van der Waals surface area contributed by atoms with Gasteiger partial charge >= 0.3 is 12.0 Å². The maximum Gasteiger partial charge on any atom is 0.335 e. The summed E-state index contributed by atoms with van der Waals surface area (Å²) in [5.41, 5.74) is -0.139. The van der Waals surface area contributed by atoms with E-state index in [2.05, 4.69) is 0 Å². The number of aliphatic carboxylic acids is 1. The average Bonchev–Trinajstić information content (AvgIpc) is 2.46. The summed E-state index contributed by atoms with van der Waals surface area (Å²) in [6.07, 6.45) is 0. The fourth-order valence-electron chi connectivity index (χ4n) is 2.51. The SMILES string of the molecule is CC(=O)N1C(=O)N(C)C(C)=C(C(=O)O)C1c1ccc(F)c(F)c1. The number of halogens is 2. The molecule has 1 aromatic rings. The van der Waals surface area contributed by atoms with Crippen molar-refractivity contribution in [1.29, 1.82) is 0 Å². The Morgan fingerprint density at radius 2 is 1.83 bits per heavy atom. The molecule has 1 heterocycles. The van der Waals surface area contributed by atoms with Crippen molar-refractivity contribution in [1.82, 2.24) is 9.80 Å². The van der Waals surface area contributed by atoms with E-state index in [1.54, 1.807) is 0 Å². The molecule has 0 bridgehead atoms. The molecule has 0 radical (unpaired) electrons. The molecule has 1 unspecified atom stereocenters. The molecule has 0 saturated carbocycles. The Labute approximate surface area is 130 Å². The smallest absolute Gasteiger partial charge is 0.335 e. The number of carboxylic acid groups (broad SMARTS) is 1. The Balaban J connectivity index is 2.75. The average molecular weight is 324 g/mol. The third-order valence-electron chi connectivity index (χ3n) is 3.75. The van der Waals surface area contributed by atoms with Gasteiger partial charge in [0.15, 0.2) is 11.6 Å². The van der Waals surface area contributed by atoms with Crippen LogP contribution in [0, 0.1) is 11.6 Å². The molecule has 23 heavy (non-hydrogen) atoms. The summed E-state index contributed by atoms with van der Waals surface area (Å²) < 4.78 is 26.7. The summed E-state index contributed by atoms with van der Waals surface area (Å²) in [7, 11) is 1.33. The number of hydrogen-bond acceptors (Lipinski definition) is 3. The standard InChI is InChI=1S/C15H14F2N2O4/c1-7-12(14(21)22)13(9-4-5-10(16)11(17)6-9)19(8(2)20)15(23)18(7)3/h4-6,13H,1-3H3,(H,21,22). The van der Waals surface area contributed by atoms with Crippen LogP contribution in [0.3, 0.4) is 0 Å². The number of carboxylic acids is 1. The van der Waals surface area contributed by atoms with Gasteiger partial charge in [-0.05, 0) is 24.6 Å². The van der Waals surface area contributed by atoms with Crippen LogP contribution in [0.5, 0.6) is 0 Å².